The Balaban J connectivity index is 1.45. The van der Waals surface area contributed by atoms with Gasteiger partial charge in [0.25, 0.3) is 0 Å². The van der Waals surface area contributed by atoms with E-state index in [4.69, 9.17) is 4.74 Å². The molecular weight excluding hydrogens is 264 g/mol. The van der Waals surface area contributed by atoms with Gasteiger partial charge in [0, 0.05) is 26.7 Å². The van der Waals surface area contributed by atoms with Gasteiger partial charge in [0.15, 0.2) is 0 Å². The second-order valence-corrected chi connectivity index (χ2v) is 7.92. The van der Waals surface area contributed by atoms with E-state index in [1.165, 1.54) is 32.1 Å². The summed E-state index contributed by atoms with van der Waals surface area (Å²) in [6.45, 7) is 0.808. The lowest BCUT2D eigenvalue weighted by Gasteiger charge is -2.56. The zero-order valence-corrected chi connectivity index (χ0v) is 13.3. The lowest BCUT2D eigenvalue weighted by Crippen LogP contribution is -2.58. The molecule has 1 heterocycles. The highest BCUT2D eigenvalue weighted by Gasteiger charge is 2.50. The first-order valence-electron chi connectivity index (χ1n) is 8.68. The largest absolute Gasteiger partial charge is 0.380 e. The highest BCUT2D eigenvalue weighted by atomic mass is 16.5. The maximum atomic E-state index is 12.8. The van der Waals surface area contributed by atoms with E-state index in [1.54, 1.807) is 7.11 Å². The van der Waals surface area contributed by atoms with Gasteiger partial charge in [-0.05, 0) is 62.2 Å². The molecule has 0 aromatic carbocycles. The summed E-state index contributed by atoms with van der Waals surface area (Å²) in [5.41, 5.74) is 0. The van der Waals surface area contributed by atoms with E-state index in [2.05, 4.69) is 17.3 Å². The zero-order chi connectivity index (χ0) is 14.6. The molecule has 4 bridgehead atoms. The minimum Gasteiger partial charge on any atom is -0.380 e. The molecule has 1 amide bonds. The first kappa shape index (κ1) is 14.0. The van der Waals surface area contributed by atoms with Crippen molar-refractivity contribution in [1.82, 2.24) is 10.2 Å². The Hall–Kier alpha value is -0.610. The minimum atomic E-state index is -0.0304. The van der Waals surface area contributed by atoms with E-state index in [0.29, 0.717) is 11.9 Å². The monoisotopic (exact) mass is 292 g/mol. The van der Waals surface area contributed by atoms with Gasteiger partial charge < -0.3 is 15.0 Å². The molecule has 0 aromatic rings. The quantitative estimate of drug-likeness (QED) is 0.860. The van der Waals surface area contributed by atoms with Gasteiger partial charge >= 0.3 is 0 Å². The molecule has 4 nitrogen and oxygen atoms in total. The average Bonchev–Trinajstić information content (AvgIpc) is 2.94. The Morgan fingerprint density at radius 2 is 1.67 bits per heavy atom. The molecule has 2 unspecified atom stereocenters. The summed E-state index contributed by atoms with van der Waals surface area (Å²) < 4.78 is 5.38. The molecule has 2 atom stereocenters. The molecule has 118 valence electrons. The zero-order valence-electron chi connectivity index (χ0n) is 13.3. The normalized spacial score (nSPS) is 47.8. The number of carbonyl (C=O) groups is 1. The van der Waals surface area contributed by atoms with Gasteiger partial charge in [-0.25, -0.2) is 0 Å². The third-order valence-electron chi connectivity index (χ3n) is 6.69. The molecule has 5 aliphatic rings. The number of hydrogen-bond acceptors (Lipinski definition) is 3. The number of likely N-dealkylation sites (N-methyl/N-ethyl adjacent to an activating group) is 1. The molecule has 0 radical (unpaired) electrons. The van der Waals surface area contributed by atoms with Crippen molar-refractivity contribution < 1.29 is 9.53 Å². The Morgan fingerprint density at radius 1 is 1.05 bits per heavy atom. The summed E-state index contributed by atoms with van der Waals surface area (Å²) in [7, 11) is 3.79. The number of amides is 1. The van der Waals surface area contributed by atoms with Crippen molar-refractivity contribution in [3.05, 3.63) is 0 Å². The highest BCUT2D eigenvalue weighted by molar-refractivity contribution is 5.82. The summed E-state index contributed by atoms with van der Waals surface area (Å²) in [5, 5.41) is 3.34. The van der Waals surface area contributed by atoms with E-state index in [9.17, 15) is 4.79 Å². The summed E-state index contributed by atoms with van der Waals surface area (Å²) in [5.74, 6) is 3.78. The van der Waals surface area contributed by atoms with Gasteiger partial charge in [0.2, 0.25) is 5.91 Å². The number of nitrogens with one attached hydrogen (secondary N) is 1. The third kappa shape index (κ3) is 2.31. The molecule has 1 saturated heterocycles. The predicted molar refractivity (Wildman–Crippen MR) is 80.8 cm³/mol. The summed E-state index contributed by atoms with van der Waals surface area (Å²) in [6, 6.07) is 0.478. The van der Waals surface area contributed by atoms with Gasteiger partial charge in [0.1, 0.15) is 0 Å². The van der Waals surface area contributed by atoms with Crippen molar-refractivity contribution in [2.75, 3.05) is 20.7 Å². The number of rotatable bonds is 3. The molecule has 0 spiro atoms. The van der Waals surface area contributed by atoms with Crippen molar-refractivity contribution in [2.24, 2.45) is 23.7 Å². The van der Waals surface area contributed by atoms with Crippen LogP contribution in [0.3, 0.4) is 0 Å². The number of methoxy groups -OCH3 is 1. The van der Waals surface area contributed by atoms with E-state index in [-0.39, 0.29) is 12.1 Å². The van der Waals surface area contributed by atoms with E-state index >= 15 is 0 Å². The first-order valence-corrected chi connectivity index (χ1v) is 8.68. The smallest absolute Gasteiger partial charge is 0.239 e. The van der Waals surface area contributed by atoms with Crippen LogP contribution in [-0.2, 0) is 9.53 Å². The maximum absolute atomic E-state index is 12.8. The topological polar surface area (TPSA) is 41.6 Å². The summed E-state index contributed by atoms with van der Waals surface area (Å²) >= 11 is 0. The van der Waals surface area contributed by atoms with Crippen molar-refractivity contribution in [3.63, 3.8) is 0 Å². The van der Waals surface area contributed by atoms with Crippen LogP contribution in [0.5, 0.6) is 0 Å². The van der Waals surface area contributed by atoms with Gasteiger partial charge in [-0.3, -0.25) is 4.79 Å². The van der Waals surface area contributed by atoms with Gasteiger partial charge in [-0.1, -0.05) is 0 Å². The second-order valence-electron chi connectivity index (χ2n) is 7.92. The summed E-state index contributed by atoms with van der Waals surface area (Å²) in [4.78, 5) is 15.0. The van der Waals surface area contributed by atoms with Gasteiger partial charge in [-0.2, -0.15) is 0 Å². The fourth-order valence-corrected chi connectivity index (χ4v) is 5.99. The number of nitrogens with zero attached hydrogens (tertiary/aromatic N) is 1. The van der Waals surface area contributed by atoms with Crippen molar-refractivity contribution >= 4 is 5.91 Å². The van der Waals surface area contributed by atoms with Crippen LogP contribution in [0.25, 0.3) is 0 Å². The Morgan fingerprint density at radius 3 is 2.19 bits per heavy atom. The third-order valence-corrected chi connectivity index (χ3v) is 6.69. The van der Waals surface area contributed by atoms with Crippen LogP contribution >= 0.6 is 0 Å². The van der Waals surface area contributed by atoms with Gasteiger partial charge in [0.05, 0.1) is 12.1 Å². The molecule has 4 aliphatic carbocycles. The standard InChI is InChI=1S/C17H28N2O2/c1-19(17(20)15-8-14(21-2)9-18-15)16-12-4-10-3-11(6-12)7-13(16)5-10/h10-16,18H,3-9H2,1-2H3. The molecule has 1 N–H and O–H groups in total. The predicted octanol–water partition coefficient (Wildman–Crippen LogP) is 1.65. The van der Waals surface area contributed by atoms with E-state index in [1.807, 2.05) is 0 Å². The molecule has 5 rings (SSSR count). The maximum Gasteiger partial charge on any atom is 0.239 e. The summed E-state index contributed by atoms with van der Waals surface area (Å²) in [6.07, 6.45) is 7.97. The molecule has 4 heteroatoms. The van der Waals surface area contributed by atoms with Crippen LogP contribution in [-0.4, -0.2) is 49.7 Å². The fraction of sp³-hybridized carbons (Fsp3) is 0.941. The van der Waals surface area contributed by atoms with Crippen LogP contribution in [0.15, 0.2) is 0 Å². The lowest BCUT2D eigenvalue weighted by molar-refractivity contribution is -0.143. The van der Waals surface area contributed by atoms with Crippen molar-refractivity contribution in [3.8, 4) is 0 Å². The molecular formula is C17H28N2O2. The first-order chi connectivity index (χ1) is 10.2. The Bertz CT molecular complexity index is 397. The van der Waals surface area contributed by atoms with Gasteiger partial charge in [-0.15, -0.1) is 0 Å². The van der Waals surface area contributed by atoms with Crippen LogP contribution in [0.4, 0.5) is 0 Å². The lowest BCUT2D eigenvalue weighted by atomic mass is 9.54. The minimum absolute atomic E-state index is 0.0304. The molecule has 21 heavy (non-hydrogen) atoms. The fourth-order valence-electron chi connectivity index (χ4n) is 5.99. The Labute approximate surface area is 127 Å². The number of carbonyl (C=O) groups excluding carboxylic acids is 1. The second kappa shape index (κ2) is 5.24. The highest BCUT2D eigenvalue weighted by Crippen LogP contribution is 2.55. The molecule has 5 fully saturated rings. The van der Waals surface area contributed by atoms with Crippen LogP contribution < -0.4 is 5.32 Å². The van der Waals surface area contributed by atoms with E-state index in [0.717, 1.165) is 36.6 Å². The molecule has 4 saturated carbocycles. The SMILES string of the molecule is COC1CNC(C(=O)N(C)C2C3CC4CC(C3)CC2C4)C1. The van der Waals surface area contributed by atoms with Crippen LogP contribution in [0.2, 0.25) is 0 Å². The molecule has 1 aliphatic heterocycles. The average molecular weight is 292 g/mol. The van der Waals surface area contributed by atoms with E-state index < -0.39 is 0 Å². The van der Waals surface area contributed by atoms with Crippen LogP contribution in [0.1, 0.15) is 38.5 Å². The van der Waals surface area contributed by atoms with Crippen molar-refractivity contribution in [1.29, 1.82) is 0 Å². The molecule has 0 aromatic heterocycles. The number of ether oxygens (including phenoxy) is 1. The van der Waals surface area contributed by atoms with Crippen molar-refractivity contribution in [2.45, 2.75) is 56.7 Å². The van der Waals surface area contributed by atoms with Crippen LogP contribution in [0, 0.1) is 23.7 Å². The number of hydrogen-bond donors (Lipinski definition) is 1. The Kier molecular flexibility index (Phi) is 3.49.